The van der Waals surface area contributed by atoms with Crippen molar-refractivity contribution in [2.24, 2.45) is 0 Å². The summed E-state index contributed by atoms with van der Waals surface area (Å²) >= 11 is 0. The van der Waals surface area contributed by atoms with Crippen LogP contribution in [-0.4, -0.2) is 10.9 Å². The van der Waals surface area contributed by atoms with E-state index >= 15 is 0 Å². The van der Waals surface area contributed by atoms with Gasteiger partial charge in [-0.2, -0.15) is 0 Å². The van der Waals surface area contributed by atoms with E-state index in [-0.39, 0.29) is 17.5 Å². The lowest BCUT2D eigenvalue weighted by atomic mass is 9.90. The molecule has 1 N–H and O–H groups in total. The lowest BCUT2D eigenvalue weighted by molar-refractivity contribution is -0.114. The Kier molecular flexibility index (Phi) is 2.19. The maximum Gasteiger partial charge on any atom is 0.223 e. The van der Waals surface area contributed by atoms with Crippen LogP contribution < -0.4 is 0 Å². The molecular weight excluding hydrogens is 188 g/mol. The van der Waals surface area contributed by atoms with Crippen LogP contribution in [0.4, 0.5) is 0 Å². The monoisotopic (exact) mass is 200 g/mol. The van der Waals surface area contributed by atoms with Crippen molar-refractivity contribution >= 4 is 5.78 Å². The van der Waals surface area contributed by atoms with Gasteiger partial charge < -0.3 is 5.11 Å². The smallest absolute Gasteiger partial charge is 0.223 e. The molecule has 1 aromatic rings. The fraction of sp³-hybridized carbons (Fsp3) is 0.154. The summed E-state index contributed by atoms with van der Waals surface area (Å²) in [5, 5.41) is 9.54. The summed E-state index contributed by atoms with van der Waals surface area (Å²) in [7, 11) is 0. The molecule has 0 radical (unpaired) electrons. The molecule has 0 aliphatic heterocycles. The molecule has 0 fully saturated rings. The van der Waals surface area contributed by atoms with E-state index in [0.29, 0.717) is 11.1 Å². The molecule has 2 heteroatoms. The van der Waals surface area contributed by atoms with Crippen LogP contribution in [0.3, 0.4) is 0 Å². The van der Waals surface area contributed by atoms with E-state index in [0.717, 1.165) is 5.56 Å². The molecule has 0 saturated heterocycles. The van der Waals surface area contributed by atoms with Crippen molar-refractivity contribution < 1.29 is 9.90 Å². The van der Waals surface area contributed by atoms with Gasteiger partial charge in [-0.1, -0.05) is 36.9 Å². The average molecular weight is 200 g/mol. The van der Waals surface area contributed by atoms with Crippen molar-refractivity contribution in [1.82, 2.24) is 0 Å². The van der Waals surface area contributed by atoms with Gasteiger partial charge in [-0.25, -0.2) is 0 Å². The van der Waals surface area contributed by atoms with Crippen LogP contribution in [0, 0.1) is 0 Å². The van der Waals surface area contributed by atoms with Crippen molar-refractivity contribution in [2.75, 3.05) is 0 Å². The van der Waals surface area contributed by atoms with Gasteiger partial charge >= 0.3 is 0 Å². The highest BCUT2D eigenvalue weighted by atomic mass is 16.3. The molecule has 0 aromatic heterocycles. The molecule has 0 amide bonds. The fourth-order valence-corrected chi connectivity index (χ4v) is 1.96. The molecule has 1 aliphatic rings. The highest BCUT2D eigenvalue weighted by Crippen LogP contribution is 2.39. The van der Waals surface area contributed by atoms with Gasteiger partial charge in [-0.3, -0.25) is 4.79 Å². The van der Waals surface area contributed by atoms with Crippen LogP contribution in [0.15, 0.2) is 53.8 Å². The number of ketones is 1. The van der Waals surface area contributed by atoms with E-state index in [1.165, 1.54) is 0 Å². The number of aliphatic hydroxyl groups is 1. The first-order valence-corrected chi connectivity index (χ1v) is 4.81. The summed E-state index contributed by atoms with van der Waals surface area (Å²) < 4.78 is 0. The number of carbonyl (C=O) groups excluding carboxylic acids is 1. The van der Waals surface area contributed by atoms with Crippen LogP contribution in [0.1, 0.15) is 18.4 Å². The van der Waals surface area contributed by atoms with Crippen LogP contribution in [0.2, 0.25) is 0 Å². The number of Topliss-reactive ketones (excluding diaryl/α,β-unsaturated/α-hetero) is 1. The molecule has 76 valence electrons. The van der Waals surface area contributed by atoms with Gasteiger partial charge in [0, 0.05) is 11.5 Å². The zero-order chi connectivity index (χ0) is 11.0. The number of aliphatic hydroxyl groups excluding tert-OH is 1. The molecule has 1 atom stereocenters. The fourth-order valence-electron chi connectivity index (χ4n) is 1.96. The Balaban J connectivity index is 2.49. The number of benzene rings is 1. The van der Waals surface area contributed by atoms with Gasteiger partial charge in [0.15, 0.2) is 5.76 Å². The van der Waals surface area contributed by atoms with E-state index in [1.807, 2.05) is 30.3 Å². The predicted octanol–water partition coefficient (Wildman–Crippen LogP) is 2.74. The van der Waals surface area contributed by atoms with E-state index in [2.05, 4.69) is 6.58 Å². The number of allylic oxidation sites excluding steroid dienone is 2. The topological polar surface area (TPSA) is 37.3 Å². The lowest BCUT2D eigenvalue weighted by Gasteiger charge is -2.12. The first-order valence-electron chi connectivity index (χ1n) is 4.81. The summed E-state index contributed by atoms with van der Waals surface area (Å²) in [6.45, 7) is 5.51. The van der Waals surface area contributed by atoms with Gasteiger partial charge in [0.05, 0.1) is 0 Å². The van der Waals surface area contributed by atoms with Crippen molar-refractivity contribution in [3.63, 3.8) is 0 Å². The minimum atomic E-state index is -0.332. The molecule has 0 saturated carbocycles. The van der Waals surface area contributed by atoms with Crippen LogP contribution >= 0.6 is 0 Å². The summed E-state index contributed by atoms with van der Waals surface area (Å²) in [4.78, 5) is 11.5. The third-order valence-electron chi connectivity index (χ3n) is 2.79. The number of carbonyl (C=O) groups is 1. The van der Waals surface area contributed by atoms with E-state index in [9.17, 15) is 9.90 Å². The van der Waals surface area contributed by atoms with Gasteiger partial charge in [-0.15, -0.1) is 0 Å². The minimum absolute atomic E-state index is 0.145. The SMILES string of the molecule is C=C1C(=O)C(O)=C(C)[C@H]1c1ccccc1. The van der Waals surface area contributed by atoms with Crippen LogP contribution in [0.25, 0.3) is 0 Å². The van der Waals surface area contributed by atoms with Gasteiger partial charge in [0.25, 0.3) is 0 Å². The normalized spacial score (nSPS) is 21.3. The number of rotatable bonds is 1. The second kappa shape index (κ2) is 3.39. The predicted molar refractivity (Wildman–Crippen MR) is 58.7 cm³/mol. The molecule has 2 rings (SSSR count). The van der Waals surface area contributed by atoms with Crippen LogP contribution in [0.5, 0.6) is 0 Å². The van der Waals surface area contributed by atoms with Gasteiger partial charge in [0.1, 0.15) is 0 Å². The Morgan fingerprint density at radius 1 is 1.27 bits per heavy atom. The summed E-state index contributed by atoms with van der Waals surface area (Å²) in [5.74, 6) is -0.631. The zero-order valence-corrected chi connectivity index (χ0v) is 8.53. The Morgan fingerprint density at radius 3 is 2.33 bits per heavy atom. The van der Waals surface area contributed by atoms with E-state index in [4.69, 9.17) is 0 Å². The molecule has 15 heavy (non-hydrogen) atoms. The maximum absolute atomic E-state index is 11.5. The molecule has 0 unspecified atom stereocenters. The summed E-state index contributed by atoms with van der Waals surface area (Å²) in [6, 6.07) is 9.61. The molecule has 1 aromatic carbocycles. The zero-order valence-electron chi connectivity index (χ0n) is 8.53. The lowest BCUT2D eigenvalue weighted by Crippen LogP contribution is -2.02. The highest BCUT2D eigenvalue weighted by molar-refractivity contribution is 6.11. The van der Waals surface area contributed by atoms with Crippen molar-refractivity contribution in [3.8, 4) is 0 Å². The van der Waals surface area contributed by atoms with Crippen molar-refractivity contribution in [1.29, 1.82) is 0 Å². The Labute approximate surface area is 88.6 Å². The third kappa shape index (κ3) is 1.38. The Hall–Kier alpha value is -1.83. The summed E-state index contributed by atoms with van der Waals surface area (Å²) in [5.41, 5.74) is 2.14. The van der Waals surface area contributed by atoms with Crippen LogP contribution in [-0.2, 0) is 4.79 Å². The van der Waals surface area contributed by atoms with E-state index in [1.54, 1.807) is 6.92 Å². The second-order valence-electron chi connectivity index (χ2n) is 3.73. The van der Waals surface area contributed by atoms with Gasteiger partial charge in [0.2, 0.25) is 5.78 Å². The summed E-state index contributed by atoms with van der Waals surface area (Å²) in [6.07, 6.45) is 0. The molecule has 0 heterocycles. The largest absolute Gasteiger partial charge is 0.504 e. The average Bonchev–Trinajstić information content (AvgIpc) is 2.45. The minimum Gasteiger partial charge on any atom is -0.504 e. The van der Waals surface area contributed by atoms with E-state index < -0.39 is 0 Å². The molecule has 0 spiro atoms. The molecular formula is C13H12O2. The molecule has 2 nitrogen and oxygen atoms in total. The standard InChI is InChI=1S/C13H12O2/c1-8-11(9(2)13(15)12(8)14)10-6-4-3-5-7-10/h3-7,11,15H,1H2,2H3/t11-/m0/s1. The highest BCUT2D eigenvalue weighted by Gasteiger charge is 2.34. The number of hydrogen-bond acceptors (Lipinski definition) is 2. The molecule has 0 bridgehead atoms. The first kappa shape index (κ1) is 9.71. The molecule has 1 aliphatic carbocycles. The number of hydrogen-bond donors (Lipinski definition) is 1. The Morgan fingerprint density at radius 2 is 1.87 bits per heavy atom. The Bertz CT molecular complexity index is 455. The maximum atomic E-state index is 11.5. The first-order chi connectivity index (χ1) is 7.13. The van der Waals surface area contributed by atoms with Crippen molar-refractivity contribution in [2.45, 2.75) is 12.8 Å². The second-order valence-corrected chi connectivity index (χ2v) is 3.73. The van der Waals surface area contributed by atoms with Gasteiger partial charge in [-0.05, 0) is 18.1 Å². The third-order valence-corrected chi connectivity index (χ3v) is 2.79. The quantitative estimate of drug-likeness (QED) is 0.708. The van der Waals surface area contributed by atoms with Crippen molar-refractivity contribution in [3.05, 3.63) is 59.4 Å².